The van der Waals surface area contributed by atoms with Gasteiger partial charge in [-0.1, -0.05) is 12.1 Å². The maximum absolute atomic E-state index is 13.8. The number of hydrogen-bond donors (Lipinski definition) is 2. The Labute approximate surface area is 191 Å². The third kappa shape index (κ3) is 3.56. The highest BCUT2D eigenvalue weighted by molar-refractivity contribution is 5.93. The number of furan rings is 1. The van der Waals surface area contributed by atoms with Crippen LogP contribution >= 0.6 is 0 Å². The van der Waals surface area contributed by atoms with Crippen LogP contribution in [-0.4, -0.2) is 37.4 Å². The number of oxazole rings is 1. The number of aromatic nitrogens is 3. The number of nitrogens with zero attached hydrogens (tertiary/aromatic N) is 3. The molecule has 1 atom stereocenters. The lowest BCUT2D eigenvalue weighted by Crippen LogP contribution is -2.41. The molecule has 0 radical (unpaired) electrons. The molecule has 34 heavy (non-hydrogen) atoms. The van der Waals surface area contributed by atoms with Crippen LogP contribution in [0.5, 0.6) is 0 Å². The van der Waals surface area contributed by atoms with Crippen LogP contribution in [0, 0.1) is 6.92 Å². The molecule has 1 aliphatic heterocycles. The minimum absolute atomic E-state index is 0.0879. The highest BCUT2D eigenvalue weighted by Gasteiger charge is 2.46. The van der Waals surface area contributed by atoms with E-state index in [0.717, 1.165) is 16.6 Å². The van der Waals surface area contributed by atoms with E-state index in [1.54, 1.807) is 12.1 Å². The monoisotopic (exact) mass is 474 g/mol. The molecule has 1 amide bonds. The lowest BCUT2D eigenvalue weighted by molar-refractivity contribution is -0.141. The van der Waals surface area contributed by atoms with E-state index < -0.39 is 41.1 Å². The number of aryl methyl sites for hydroxylation is 1. The molecule has 0 saturated carbocycles. The molecule has 0 fully saturated rings. The molecule has 0 bridgehead atoms. The molecule has 5 rings (SSSR count). The van der Waals surface area contributed by atoms with Gasteiger partial charge in [0, 0.05) is 24.0 Å². The van der Waals surface area contributed by atoms with E-state index in [9.17, 15) is 23.1 Å². The van der Waals surface area contributed by atoms with Crippen LogP contribution in [0.2, 0.25) is 0 Å². The zero-order valence-corrected chi connectivity index (χ0v) is 18.5. The number of H-pyrrole nitrogens is 1. The molecule has 8 nitrogen and oxygen atoms in total. The van der Waals surface area contributed by atoms with E-state index in [1.165, 1.54) is 25.1 Å². The molecule has 178 valence electrons. The van der Waals surface area contributed by atoms with Gasteiger partial charge in [0.25, 0.3) is 5.91 Å². The van der Waals surface area contributed by atoms with Crippen LogP contribution in [0.4, 0.5) is 13.2 Å². The number of amides is 1. The van der Waals surface area contributed by atoms with Crippen molar-refractivity contribution in [1.82, 2.24) is 19.9 Å². The quantitative estimate of drug-likeness (QED) is 0.453. The smallest absolute Gasteiger partial charge is 0.437 e. The number of halogens is 3. The van der Waals surface area contributed by atoms with E-state index in [2.05, 4.69) is 15.0 Å². The number of hydrogen-bond acceptors (Lipinski definition) is 6. The first-order chi connectivity index (χ1) is 15.9. The zero-order valence-electron chi connectivity index (χ0n) is 18.5. The van der Waals surface area contributed by atoms with Gasteiger partial charge in [-0.25, -0.2) is 9.97 Å². The summed E-state index contributed by atoms with van der Waals surface area (Å²) in [5.41, 5.74) is -0.519. The number of imidazole rings is 1. The van der Waals surface area contributed by atoms with Crippen LogP contribution in [0.15, 0.2) is 39.4 Å². The summed E-state index contributed by atoms with van der Waals surface area (Å²) in [4.78, 5) is 25.5. The highest BCUT2D eigenvalue weighted by Crippen LogP contribution is 2.40. The molecule has 4 aromatic rings. The largest absolute Gasteiger partial charge is 0.458 e. The van der Waals surface area contributed by atoms with Crippen LogP contribution < -0.4 is 0 Å². The minimum atomic E-state index is -4.96. The Morgan fingerprint density at radius 3 is 2.71 bits per heavy atom. The zero-order chi connectivity index (χ0) is 24.4. The van der Waals surface area contributed by atoms with Gasteiger partial charge in [0.05, 0.1) is 12.0 Å². The van der Waals surface area contributed by atoms with Gasteiger partial charge in [-0.3, -0.25) is 4.79 Å². The van der Waals surface area contributed by atoms with E-state index >= 15 is 0 Å². The average Bonchev–Trinajstić information content (AvgIpc) is 3.48. The maximum atomic E-state index is 13.8. The van der Waals surface area contributed by atoms with Gasteiger partial charge in [-0.05, 0) is 38.5 Å². The third-order valence-corrected chi connectivity index (χ3v) is 5.87. The molecule has 0 saturated heterocycles. The lowest BCUT2D eigenvalue weighted by atomic mass is 9.99. The summed E-state index contributed by atoms with van der Waals surface area (Å²) in [6, 6.07) is 6.41. The Morgan fingerprint density at radius 2 is 2.03 bits per heavy atom. The van der Waals surface area contributed by atoms with Gasteiger partial charge in [0.15, 0.2) is 5.69 Å². The lowest BCUT2D eigenvalue weighted by Gasteiger charge is -2.33. The summed E-state index contributed by atoms with van der Waals surface area (Å²) in [6.45, 7) is 4.45. The van der Waals surface area contributed by atoms with Crippen molar-refractivity contribution in [1.29, 1.82) is 0 Å². The summed E-state index contributed by atoms with van der Waals surface area (Å²) in [6.07, 6.45) is -3.14. The first-order valence-electron chi connectivity index (χ1n) is 10.6. The number of fused-ring (bicyclic) bond motifs is 2. The summed E-state index contributed by atoms with van der Waals surface area (Å²) in [5.74, 6) is -2.25. The molecule has 11 heteroatoms. The molecule has 0 spiro atoms. The molecule has 2 N–H and O–H groups in total. The van der Waals surface area contributed by atoms with Gasteiger partial charge in [-0.15, -0.1) is 0 Å². The van der Waals surface area contributed by atoms with Crippen molar-refractivity contribution in [3.05, 3.63) is 70.6 Å². The number of aliphatic hydroxyl groups is 1. The van der Waals surface area contributed by atoms with Crippen molar-refractivity contribution in [2.45, 2.75) is 45.0 Å². The van der Waals surface area contributed by atoms with Gasteiger partial charge in [-0.2, -0.15) is 13.2 Å². The first-order valence-corrected chi connectivity index (χ1v) is 10.6. The Kier molecular flexibility index (Phi) is 4.87. The molecule has 4 heterocycles. The SMILES string of the molecule is Cc1cccc2oc([C@@H]3c4nc[nH]c4CCN3C(=O)c3oc(C(C)(C)O)nc3C(F)(F)F)cc12. The minimum Gasteiger partial charge on any atom is -0.458 e. The number of carbonyl (C=O) groups is 1. The Bertz CT molecular complexity index is 1390. The number of nitrogens with one attached hydrogen (secondary N) is 1. The number of benzene rings is 1. The first kappa shape index (κ1) is 22.2. The van der Waals surface area contributed by atoms with Crippen LogP contribution in [0.25, 0.3) is 11.0 Å². The Morgan fingerprint density at radius 1 is 1.26 bits per heavy atom. The van der Waals surface area contributed by atoms with Crippen molar-refractivity contribution in [2.75, 3.05) is 6.54 Å². The highest BCUT2D eigenvalue weighted by atomic mass is 19.4. The van der Waals surface area contributed by atoms with Crippen LogP contribution in [-0.2, 0) is 18.2 Å². The normalized spacial score (nSPS) is 16.8. The number of carbonyl (C=O) groups excluding carboxylic acids is 1. The third-order valence-electron chi connectivity index (χ3n) is 5.87. The maximum Gasteiger partial charge on any atom is 0.437 e. The Hall–Kier alpha value is -3.60. The average molecular weight is 474 g/mol. The fourth-order valence-electron chi connectivity index (χ4n) is 4.19. The number of alkyl halides is 3. The number of aromatic amines is 1. The van der Waals surface area contributed by atoms with E-state index in [1.807, 2.05) is 19.1 Å². The van der Waals surface area contributed by atoms with Gasteiger partial charge < -0.3 is 23.8 Å². The predicted octanol–water partition coefficient (Wildman–Crippen LogP) is 4.49. The molecular weight excluding hydrogens is 453 g/mol. The van der Waals surface area contributed by atoms with Gasteiger partial charge >= 0.3 is 6.18 Å². The fraction of sp³-hybridized carbons (Fsp3) is 0.348. The van der Waals surface area contributed by atoms with Crippen LogP contribution in [0.3, 0.4) is 0 Å². The van der Waals surface area contributed by atoms with Crippen LogP contribution in [0.1, 0.15) is 64.7 Å². The second-order valence-corrected chi connectivity index (χ2v) is 8.81. The summed E-state index contributed by atoms with van der Waals surface area (Å²) >= 11 is 0. The Balaban J connectivity index is 1.65. The summed E-state index contributed by atoms with van der Waals surface area (Å²) in [5, 5.41) is 11.0. The standard InChI is InChI=1S/C23H21F3N4O4/c1-11-5-4-6-14-12(11)9-15(33-14)17-16-13(27-10-28-16)7-8-30(17)20(31)18-19(23(24,25)26)29-21(34-18)22(2,3)32/h4-6,9-10,17,32H,7-8H2,1-3H3,(H,27,28)/t17-/m1/s1. The predicted molar refractivity (Wildman–Crippen MR) is 113 cm³/mol. The molecule has 1 aliphatic rings. The molecule has 1 aromatic carbocycles. The number of rotatable bonds is 3. The van der Waals surface area contributed by atoms with Crippen molar-refractivity contribution < 1.29 is 31.9 Å². The van der Waals surface area contributed by atoms with Crippen molar-refractivity contribution >= 4 is 16.9 Å². The van der Waals surface area contributed by atoms with E-state index in [0.29, 0.717) is 23.5 Å². The molecule has 0 aliphatic carbocycles. The fourth-order valence-corrected chi connectivity index (χ4v) is 4.19. The molecule has 3 aromatic heterocycles. The van der Waals surface area contributed by atoms with Crippen molar-refractivity contribution in [3.8, 4) is 0 Å². The van der Waals surface area contributed by atoms with Crippen molar-refractivity contribution in [2.24, 2.45) is 0 Å². The topological polar surface area (TPSA) is 108 Å². The second-order valence-electron chi connectivity index (χ2n) is 8.81. The van der Waals surface area contributed by atoms with E-state index in [4.69, 9.17) is 8.83 Å². The van der Waals surface area contributed by atoms with E-state index in [-0.39, 0.29) is 6.54 Å². The second kappa shape index (κ2) is 7.45. The molecule has 0 unspecified atom stereocenters. The summed E-state index contributed by atoms with van der Waals surface area (Å²) < 4.78 is 52.5. The van der Waals surface area contributed by atoms with Gasteiger partial charge in [0.1, 0.15) is 23.0 Å². The van der Waals surface area contributed by atoms with Gasteiger partial charge in [0.2, 0.25) is 11.7 Å². The van der Waals surface area contributed by atoms with Crippen molar-refractivity contribution in [3.63, 3.8) is 0 Å². The summed E-state index contributed by atoms with van der Waals surface area (Å²) in [7, 11) is 0. The molecular formula is C23H21F3N4O4.